The highest BCUT2D eigenvalue weighted by Gasteiger charge is 2.43. The smallest absolute Gasteiger partial charge is 0.230 e. The van der Waals surface area contributed by atoms with E-state index in [1.165, 1.54) is 22.3 Å². The third-order valence-electron chi connectivity index (χ3n) is 19.8. The highest BCUT2D eigenvalue weighted by molar-refractivity contribution is 5.88. The van der Waals surface area contributed by atoms with Crippen LogP contribution in [0.2, 0.25) is 0 Å². The van der Waals surface area contributed by atoms with Gasteiger partial charge in [0.25, 0.3) is 0 Å². The third-order valence-corrected chi connectivity index (χ3v) is 19.8. The minimum atomic E-state index is -0.376. The number of hydrogen-bond acceptors (Lipinski definition) is 12. The van der Waals surface area contributed by atoms with Crippen molar-refractivity contribution in [1.82, 2.24) is 19.9 Å². The van der Waals surface area contributed by atoms with E-state index < -0.39 is 0 Å². The van der Waals surface area contributed by atoms with E-state index in [0.29, 0.717) is 71.7 Å². The average molecular weight is 1260 g/mol. The summed E-state index contributed by atoms with van der Waals surface area (Å²) >= 11 is 0. The zero-order valence-electron chi connectivity index (χ0n) is 52.9. The minimum absolute atomic E-state index is 0.150. The van der Waals surface area contributed by atoms with Gasteiger partial charge in [0.1, 0.15) is 46.0 Å². The van der Waals surface area contributed by atoms with Crippen LogP contribution in [0.4, 0.5) is 0 Å². The van der Waals surface area contributed by atoms with Crippen LogP contribution in [0.3, 0.4) is 0 Å². The zero-order valence-corrected chi connectivity index (χ0v) is 52.9. The Morgan fingerprint density at radius 1 is 0.240 bits per heavy atom. The normalized spacial score (nSPS) is 16.8. The lowest BCUT2D eigenvalue weighted by atomic mass is 9.73. The summed E-state index contributed by atoms with van der Waals surface area (Å²) in [5, 5.41) is 0. The van der Waals surface area contributed by atoms with Gasteiger partial charge in [-0.1, -0.05) is 146 Å². The first kappa shape index (κ1) is 58.6. The zero-order chi connectivity index (χ0) is 63.7. The molecule has 12 nitrogen and oxygen atoms in total. The fraction of sp³-hybridized carbons (Fsp3) is 0.190. The van der Waals surface area contributed by atoms with Gasteiger partial charge in [-0.15, -0.1) is 0 Å². The Balaban J connectivity index is 1.07. The average Bonchev–Trinajstić information content (AvgIpc) is 0.722. The van der Waals surface area contributed by atoms with Crippen molar-refractivity contribution in [3.05, 3.63) is 310 Å². The number of hydrogen-bond donors (Lipinski definition) is 0. The molecule has 0 unspecified atom stereocenters. The van der Waals surface area contributed by atoms with Crippen LogP contribution >= 0.6 is 0 Å². The van der Waals surface area contributed by atoms with Gasteiger partial charge in [0.2, 0.25) is 27.2 Å². The maximum Gasteiger partial charge on any atom is 0.230 e. The van der Waals surface area contributed by atoms with Gasteiger partial charge in [0, 0.05) is 140 Å². The minimum Gasteiger partial charge on any atom is -0.456 e. The van der Waals surface area contributed by atoms with Crippen molar-refractivity contribution >= 4 is 0 Å². The van der Waals surface area contributed by atoms with Gasteiger partial charge in [0.05, 0.1) is 22.3 Å². The summed E-state index contributed by atoms with van der Waals surface area (Å²) in [7, 11) is 0. The Bertz CT molecular complexity index is 4050. The molecule has 0 atom stereocenters. The van der Waals surface area contributed by atoms with Gasteiger partial charge in [-0.3, -0.25) is 19.9 Å². The summed E-state index contributed by atoms with van der Waals surface area (Å²) in [5.41, 5.74) is 19.2. The molecule has 0 N–H and O–H groups in total. The van der Waals surface area contributed by atoms with Gasteiger partial charge in [-0.25, -0.2) is 0 Å². The molecule has 8 aromatic carbocycles. The quantitative estimate of drug-likeness (QED) is 0.0914. The molecule has 96 heavy (non-hydrogen) atoms. The molecule has 0 amide bonds. The largest absolute Gasteiger partial charge is 0.456 e. The molecule has 12 aromatic rings. The van der Waals surface area contributed by atoms with Crippen LogP contribution in [0.25, 0.3) is 44.5 Å². The molecule has 0 saturated carbocycles. The van der Waals surface area contributed by atoms with Gasteiger partial charge in [-0.2, -0.15) is 0 Å². The van der Waals surface area contributed by atoms with E-state index in [-0.39, 0.29) is 50.8 Å². The van der Waals surface area contributed by atoms with Crippen molar-refractivity contribution in [3.8, 4) is 90.5 Å². The lowest BCUT2D eigenvalue weighted by Crippen LogP contribution is -2.24. The molecule has 0 fully saturated rings. The summed E-state index contributed by atoms with van der Waals surface area (Å²) in [6.45, 7) is -0.601. The maximum atomic E-state index is 7.35. The molecule has 1 aliphatic carbocycles. The standard InChI is InChI=1S/C84H68N4O8/c1-5-17-53(18-6-1)29-33-61-65-41-67-62(34-30-54-19-7-2-8-20-54)69-43-71-64(36-32-56-23-11-4-12-24-56)72-44-70-63(35-31-55-21-9-3-10-22-55)68-42-66(61)78-74(58-26-14-38-86-46-58)80(68)92-51-94-82(70)76(60-28-16-40-88-48-60)84(72)96-52-95-83(71)75(59-27-15-39-87-47-59)81(69)93-50-91-79(67)73(77(65)89-49-90-78)57-25-13-37-85-45-57/h1-28,37-48,61-64H,29-36,49-52H2. The fourth-order valence-corrected chi connectivity index (χ4v) is 15.5. The van der Waals surface area contributed by atoms with E-state index in [0.717, 1.165) is 115 Å². The van der Waals surface area contributed by atoms with Gasteiger partial charge in [-0.05, 0) is 122 Å². The van der Waals surface area contributed by atoms with Gasteiger partial charge < -0.3 is 37.9 Å². The van der Waals surface area contributed by atoms with Crippen molar-refractivity contribution in [2.24, 2.45) is 0 Å². The van der Waals surface area contributed by atoms with Crippen LogP contribution in [-0.2, 0) is 25.7 Å². The van der Waals surface area contributed by atoms with Crippen molar-refractivity contribution in [1.29, 1.82) is 0 Å². The molecular formula is C84H68N4O8. The molecule has 0 radical (unpaired) electrons. The molecular weight excluding hydrogens is 1190 g/mol. The number of aromatic nitrogens is 4. The Hall–Kier alpha value is -11.2. The van der Waals surface area contributed by atoms with E-state index in [1.54, 1.807) is 0 Å². The molecule has 0 saturated heterocycles. The van der Waals surface area contributed by atoms with E-state index in [4.69, 9.17) is 57.8 Å². The first-order chi connectivity index (χ1) is 47.7. The molecule has 4 aromatic heterocycles. The third kappa shape index (κ3) is 11.0. The van der Waals surface area contributed by atoms with Gasteiger partial charge in [0.15, 0.2) is 0 Å². The van der Waals surface area contributed by atoms with Crippen molar-refractivity contribution in [2.45, 2.75) is 75.0 Å². The Kier molecular flexibility index (Phi) is 15.8. The van der Waals surface area contributed by atoms with E-state index in [2.05, 4.69) is 170 Å². The molecule has 12 heteroatoms. The second kappa shape index (κ2) is 25.9. The number of nitrogens with zero attached hydrogens (tertiary/aromatic N) is 4. The SMILES string of the molecule is c1ccc(CCC2c3cc4c5c(-c6cccnc6)c3OCOc3c2cc2c(c3-c3cccnc3)OCOc3c(cc6c(c3-c3cccnc3)OCOc3c(cc(c(c3-c3cccnc3)OCO5)C4CCc3ccccc3)C6CCc3ccccc3)C2CCc2ccccc2)cc1. The Morgan fingerprint density at radius 3 is 0.615 bits per heavy atom. The summed E-state index contributed by atoms with van der Waals surface area (Å²) < 4.78 is 58.8. The maximum absolute atomic E-state index is 7.35. The van der Waals surface area contributed by atoms with Crippen molar-refractivity contribution in [2.75, 3.05) is 27.2 Å². The predicted molar refractivity (Wildman–Crippen MR) is 370 cm³/mol. The summed E-state index contributed by atoms with van der Waals surface area (Å²) in [6, 6.07) is 69.1. The number of ether oxygens (including phenoxy) is 8. The van der Waals surface area contributed by atoms with E-state index >= 15 is 0 Å². The highest BCUT2D eigenvalue weighted by atomic mass is 16.7. The first-order valence-corrected chi connectivity index (χ1v) is 33.3. The molecule has 4 aliphatic heterocycles. The second-order valence-corrected chi connectivity index (χ2v) is 25.3. The molecule has 5 aliphatic rings. The number of rotatable bonds is 16. The molecule has 8 heterocycles. The van der Waals surface area contributed by atoms with Crippen molar-refractivity contribution in [3.63, 3.8) is 0 Å². The highest BCUT2D eigenvalue weighted by Crippen LogP contribution is 2.62. The van der Waals surface area contributed by atoms with Crippen LogP contribution in [-0.4, -0.2) is 47.1 Å². The summed E-state index contributed by atoms with van der Waals surface area (Å²) in [5.74, 6) is 3.73. The lowest BCUT2D eigenvalue weighted by molar-refractivity contribution is 0.101. The molecule has 17 rings (SSSR count). The molecule has 0 spiro atoms. The van der Waals surface area contributed by atoms with Crippen LogP contribution < -0.4 is 37.9 Å². The lowest BCUT2D eigenvalue weighted by Gasteiger charge is -2.38. The Morgan fingerprint density at radius 2 is 0.438 bits per heavy atom. The summed E-state index contributed by atoms with van der Waals surface area (Å²) in [6.07, 6.45) is 20.4. The topological polar surface area (TPSA) is 125 Å². The van der Waals surface area contributed by atoms with E-state index in [9.17, 15) is 0 Å². The van der Waals surface area contributed by atoms with Crippen LogP contribution in [0.1, 0.15) is 116 Å². The number of aryl methyl sites for hydroxylation is 4. The van der Waals surface area contributed by atoms with Gasteiger partial charge >= 0.3 is 0 Å². The predicted octanol–water partition coefficient (Wildman–Crippen LogP) is 18.2. The molecule has 16 bridgehead atoms. The fourth-order valence-electron chi connectivity index (χ4n) is 15.5. The second-order valence-electron chi connectivity index (χ2n) is 25.3. The van der Waals surface area contributed by atoms with E-state index in [1.807, 2.05) is 73.8 Å². The molecule has 472 valence electrons. The monoisotopic (exact) mass is 1260 g/mol. The van der Waals surface area contributed by atoms with Crippen LogP contribution in [0.5, 0.6) is 46.0 Å². The van der Waals surface area contributed by atoms with Crippen LogP contribution in [0, 0.1) is 0 Å². The number of benzene rings is 8. The van der Waals surface area contributed by atoms with Crippen LogP contribution in [0.15, 0.2) is 244 Å². The summed E-state index contributed by atoms with van der Waals surface area (Å²) in [4.78, 5) is 19.3. The number of pyridine rings is 4. The Labute approximate surface area is 558 Å². The van der Waals surface area contributed by atoms with Crippen molar-refractivity contribution < 1.29 is 37.9 Å². The first-order valence-electron chi connectivity index (χ1n) is 33.3.